The van der Waals surface area contributed by atoms with Gasteiger partial charge in [0.25, 0.3) is 0 Å². The average Bonchev–Trinajstić information content (AvgIpc) is 3.89. The lowest BCUT2D eigenvalue weighted by Gasteiger charge is -2.26. The van der Waals surface area contributed by atoms with Crippen LogP contribution >= 0.6 is 0 Å². The molecule has 0 saturated carbocycles. The number of hydrogen-bond acceptors (Lipinski definition) is 5. The molecule has 2 aromatic heterocycles. The van der Waals surface area contributed by atoms with Crippen LogP contribution in [0.3, 0.4) is 0 Å². The van der Waals surface area contributed by atoms with Gasteiger partial charge in [-0.25, -0.2) is 14.4 Å². The molecule has 11 aromatic rings. The zero-order valence-electron chi connectivity index (χ0n) is 29.9. The van der Waals surface area contributed by atoms with Crippen molar-refractivity contribution in [3.63, 3.8) is 0 Å². The van der Waals surface area contributed by atoms with Crippen molar-refractivity contribution in [1.82, 2.24) is 9.97 Å². The van der Waals surface area contributed by atoms with Crippen LogP contribution in [0, 0.1) is 5.82 Å². The second kappa shape index (κ2) is 12.8. The van der Waals surface area contributed by atoms with Crippen molar-refractivity contribution in [3.05, 3.63) is 188 Å². The van der Waals surface area contributed by atoms with Gasteiger partial charge in [0, 0.05) is 39.0 Å². The van der Waals surface area contributed by atoms with Crippen LogP contribution in [0.25, 0.3) is 88.6 Å². The first-order valence-corrected chi connectivity index (χ1v) is 18.5. The fraction of sp³-hybridized carbons (Fsp3) is 0. The van der Waals surface area contributed by atoms with E-state index in [9.17, 15) is 0 Å². The maximum Gasteiger partial charge on any atom is 0.227 e. The van der Waals surface area contributed by atoms with E-state index in [1.807, 2.05) is 109 Å². The molecule has 0 bridgehead atoms. The molecule has 9 aromatic carbocycles. The minimum Gasteiger partial charge on any atom is -0.436 e. The molecular formula is C50H30FN3O2. The number of halogens is 1. The standard InChI is InChI=1S/C50H30FN3O2/c51-48-41-9-2-1-8-35(41)30-43-40(10-7-11-42(43)48)36-17-16-34-29-39(27-22-33(34)28-36)54(37-23-18-31(19-24-37)49-52-44-12-3-5-14-46(44)55-49)38-25-20-32(21-26-38)50-53-45-13-4-6-15-47(45)56-50/h1-30H. The summed E-state index contributed by atoms with van der Waals surface area (Å²) in [5.74, 6) is 0.973. The maximum absolute atomic E-state index is 15.7. The topological polar surface area (TPSA) is 55.3 Å². The Hall–Kier alpha value is -7.57. The van der Waals surface area contributed by atoms with Gasteiger partial charge < -0.3 is 13.7 Å². The lowest BCUT2D eigenvalue weighted by atomic mass is 9.94. The number of oxazole rings is 2. The van der Waals surface area contributed by atoms with Gasteiger partial charge >= 0.3 is 0 Å². The SMILES string of the molecule is Fc1c2ccccc2cc2c(-c3ccc4cc(N(c5ccc(-c6nc7ccccc7o6)cc5)c5ccc(-c6nc7ccccc7o6)cc5)ccc4c3)cccc12. The molecule has 0 amide bonds. The highest BCUT2D eigenvalue weighted by Gasteiger charge is 2.17. The monoisotopic (exact) mass is 723 g/mol. The first-order valence-electron chi connectivity index (χ1n) is 18.5. The van der Waals surface area contributed by atoms with Crippen molar-refractivity contribution in [2.24, 2.45) is 0 Å². The van der Waals surface area contributed by atoms with E-state index in [0.29, 0.717) is 22.6 Å². The molecule has 0 N–H and O–H groups in total. The van der Waals surface area contributed by atoms with E-state index in [-0.39, 0.29) is 5.82 Å². The van der Waals surface area contributed by atoms with Crippen LogP contribution in [0.2, 0.25) is 0 Å². The Bertz CT molecular complexity index is 3090. The summed E-state index contributed by atoms with van der Waals surface area (Å²) in [6.07, 6.45) is 0. The predicted octanol–water partition coefficient (Wildman–Crippen LogP) is 14.0. The Morgan fingerprint density at radius 2 is 0.929 bits per heavy atom. The Balaban J connectivity index is 0.992. The van der Waals surface area contributed by atoms with Gasteiger partial charge in [0.05, 0.1) is 0 Å². The number of nitrogens with zero attached hydrogens (tertiary/aromatic N) is 3. The normalized spacial score (nSPS) is 11.7. The molecule has 264 valence electrons. The van der Waals surface area contributed by atoms with Gasteiger partial charge in [0.15, 0.2) is 11.2 Å². The van der Waals surface area contributed by atoms with Crippen molar-refractivity contribution in [3.8, 4) is 34.0 Å². The van der Waals surface area contributed by atoms with Crippen LogP contribution in [-0.4, -0.2) is 9.97 Å². The minimum absolute atomic E-state index is 0.186. The summed E-state index contributed by atoms with van der Waals surface area (Å²) in [7, 11) is 0. The second-order valence-corrected chi connectivity index (χ2v) is 14.0. The Morgan fingerprint density at radius 3 is 1.59 bits per heavy atom. The molecule has 0 saturated heterocycles. The van der Waals surface area contributed by atoms with Crippen molar-refractivity contribution in [2.45, 2.75) is 0 Å². The van der Waals surface area contributed by atoms with Crippen molar-refractivity contribution >= 4 is 71.6 Å². The van der Waals surface area contributed by atoms with E-state index in [4.69, 9.17) is 18.8 Å². The van der Waals surface area contributed by atoms with E-state index in [0.717, 1.165) is 83.1 Å². The van der Waals surface area contributed by atoms with E-state index in [1.165, 1.54) is 0 Å². The number of aromatic nitrogens is 2. The fourth-order valence-corrected chi connectivity index (χ4v) is 7.77. The van der Waals surface area contributed by atoms with Gasteiger partial charge in [-0.2, -0.15) is 0 Å². The first-order chi connectivity index (χ1) is 27.6. The third-order valence-electron chi connectivity index (χ3n) is 10.6. The summed E-state index contributed by atoms with van der Waals surface area (Å²) < 4.78 is 27.9. The molecule has 0 fully saturated rings. The Kier molecular flexibility index (Phi) is 7.29. The number of anilines is 3. The Labute approximate surface area is 320 Å². The molecule has 0 atom stereocenters. The van der Waals surface area contributed by atoms with Crippen LogP contribution in [0.4, 0.5) is 21.5 Å². The molecule has 0 aliphatic rings. The summed E-state index contributed by atoms with van der Waals surface area (Å²) in [6.45, 7) is 0. The molecule has 56 heavy (non-hydrogen) atoms. The number of para-hydroxylation sites is 4. The summed E-state index contributed by atoms with van der Waals surface area (Å²) in [6, 6.07) is 60.7. The lowest BCUT2D eigenvalue weighted by molar-refractivity contribution is 0.619. The summed E-state index contributed by atoms with van der Waals surface area (Å²) in [4.78, 5) is 11.7. The third kappa shape index (κ3) is 5.38. The largest absolute Gasteiger partial charge is 0.436 e. The molecule has 0 aliphatic carbocycles. The molecule has 0 radical (unpaired) electrons. The molecule has 0 spiro atoms. The lowest BCUT2D eigenvalue weighted by Crippen LogP contribution is -2.09. The highest BCUT2D eigenvalue weighted by atomic mass is 19.1. The molecular weight excluding hydrogens is 694 g/mol. The highest BCUT2D eigenvalue weighted by Crippen LogP contribution is 2.40. The molecule has 6 heteroatoms. The van der Waals surface area contributed by atoms with Crippen molar-refractivity contribution in [2.75, 3.05) is 4.90 Å². The number of rotatable bonds is 6. The third-order valence-corrected chi connectivity index (χ3v) is 10.6. The van der Waals surface area contributed by atoms with Crippen LogP contribution < -0.4 is 4.90 Å². The van der Waals surface area contributed by atoms with Crippen LogP contribution in [-0.2, 0) is 0 Å². The molecule has 0 unspecified atom stereocenters. The van der Waals surface area contributed by atoms with Gasteiger partial charge in [-0.05, 0) is 130 Å². The number of fused-ring (bicyclic) bond motifs is 5. The zero-order chi connectivity index (χ0) is 37.2. The van der Waals surface area contributed by atoms with E-state index < -0.39 is 0 Å². The number of hydrogen-bond donors (Lipinski definition) is 0. The predicted molar refractivity (Wildman–Crippen MR) is 225 cm³/mol. The summed E-state index contributed by atoms with van der Waals surface area (Å²) in [5, 5.41) is 5.21. The smallest absolute Gasteiger partial charge is 0.227 e. The van der Waals surface area contributed by atoms with Gasteiger partial charge in [-0.15, -0.1) is 0 Å². The van der Waals surface area contributed by atoms with E-state index in [2.05, 4.69) is 77.7 Å². The highest BCUT2D eigenvalue weighted by molar-refractivity contribution is 6.06. The summed E-state index contributed by atoms with van der Waals surface area (Å²) in [5.41, 5.74) is 9.92. The summed E-state index contributed by atoms with van der Waals surface area (Å²) >= 11 is 0. The van der Waals surface area contributed by atoms with Gasteiger partial charge in [0.2, 0.25) is 11.8 Å². The van der Waals surface area contributed by atoms with Gasteiger partial charge in [-0.3, -0.25) is 0 Å². The average molecular weight is 724 g/mol. The quantitative estimate of drug-likeness (QED) is 0.160. The van der Waals surface area contributed by atoms with E-state index >= 15 is 4.39 Å². The minimum atomic E-state index is -0.186. The Morgan fingerprint density at radius 1 is 0.393 bits per heavy atom. The van der Waals surface area contributed by atoms with Gasteiger partial charge in [0.1, 0.15) is 16.9 Å². The molecule has 0 aliphatic heterocycles. The molecule has 2 heterocycles. The maximum atomic E-state index is 15.7. The van der Waals surface area contributed by atoms with Crippen molar-refractivity contribution < 1.29 is 13.2 Å². The zero-order valence-corrected chi connectivity index (χ0v) is 29.9. The van der Waals surface area contributed by atoms with Crippen molar-refractivity contribution in [1.29, 1.82) is 0 Å². The molecule has 5 nitrogen and oxygen atoms in total. The van der Waals surface area contributed by atoms with Crippen LogP contribution in [0.1, 0.15) is 0 Å². The first kappa shape index (κ1) is 31.9. The van der Waals surface area contributed by atoms with Gasteiger partial charge in [-0.1, -0.05) is 84.9 Å². The molecule has 11 rings (SSSR count). The van der Waals surface area contributed by atoms with E-state index in [1.54, 1.807) is 0 Å². The number of benzene rings is 9. The van der Waals surface area contributed by atoms with Crippen LogP contribution in [0.5, 0.6) is 0 Å². The second-order valence-electron chi connectivity index (χ2n) is 14.0. The van der Waals surface area contributed by atoms with Crippen LogP contribution in [0.15, 0.2) is 191 Å². The fourth-order valence-electron chi connectivity index (χ4n) is 7.77.